The number of carbonyl (C=O) groups is 1. The summed E-state index contributed by atoms with van der Waals surface area (Å²) in [6.45, 7) is 2.70. The predicted molar refractivity (Wildman–Crippen MR) is 113 cm³/mol. The van der Waals surface area contributed by atoms with Crippen molar-refractivity contribution in [2.45, 2.75) is 31.1 Å². The number of thioether (sulfide) groups is 1. The molecule has 2 aromatic heterocycles. The van der Waals surface area contributed by atoms with Gasteiger partial charge >= 0.3 is 0 Å². The summed E-state index contributed by atoms with van der Waals surface area (Å²) >= 11 is 1.73. The van der Waals surface area contributed by atoms with Gasteiger partial charge in [0, 0.05) is 35.6 Å². The molecule has 1 N–H and O–H groups in total. The second-order valence-electron chi connectivity index (χ2n) is 7.41. The summed E-state index contributed by atoms with van der Waals surface area (Å²) in [6, 6.07) is 10.3. The van der Waals surface area contributed by atoms with Crippen molar-refractivity contribution in [2.24, 2.45) is 13.0 Å². The molecule has 2 heterocycles. The molecule has 5 nitrogen and oxygen atoms in total. The van der Waals surface area contributed by atoms with E-state index < -0.39 is 0 Å². The van der Waals surface area contributed by atoms with Crippen molar-refractivity contribution in [1.82, 2.24) is 15.0 Å². The number of carbonyl (C=O) groups excluding carboxylic acids is 1. The van der Waals surface area contributed by atoms with Gasteiger partial charge in [-0.25, -0.2) is 10.5 Å². The summed E-state index contributed by atoms with van der Waals surface area (Å²) in [5.41, 5.74) is 7.48. The van der Waals surface area contributed by atoms with Gasteiger partial charge in [0.15, 0.2) is 0 Å². The van der Waals surface area contributed by atoms with Crippen LogP contribution in [0.2, 0.25) is 0 Å². The number of fused-ring (bicyclic) bond motifs is 1. The quantitative estimate of drug-likeness (QED) is 0.480. The largest absolute Gasteiger partial charge is 0.332 e. The van der Waals surface area contributed by atoms with E-state index in [-0.39, 0.29) is 5.91 Å². The third kappa shape index (κ3) is 3.80. The molecule has 0 radical (unpaired) electrons. The molecule has 0 spiro atoms. The molecule has 28 heavy (non-hydrogen) atoms. The topological polar surface area (TPSA) is 56.1 Å². The third-order valence-corrected chi connectivity index (χ3v) is 6.11. The van der Waals surface area contributed by atoms with E-state index in [1.54, 1.807) is 18.0 Å². The van der Waals surface area contributed by atoms with E-state index in [4.69, 9.17) is 4.84 Å². The smallest absolute Gasteiger partial charge is 0.277 e. The van der Waals surface area contributed by atoms with Crippen LogP contribution >= 0.6 is 11.8 Å². The molecule has 0 aliphatic heterocycles. The summed E-state index contributed by atoms with van der Waals surface area (Å²) < 4.78 is 2.02. The average molecular weight is 396 g/mol. The number of hydroxylamine groups is 1. The number of aromatic nitrogens is 2. The minimum absolute atomic E-state index is 0.201. The van der Waals surface area contributed by atoms with Crippen LogP contribution in [0.3, 0.4) is 0 Å². The van der Waals surface area contributed by atoms with E-state index in [1.165, 1.54) is 28.9 Å². The SMILES string of the molecule is CSc1ccc(Cc2c(C(=O)NOCC3CC3)c3cccnc3n2C)c(C)c1. The predicted octanol–water partition coefficient (Wildman–Crippen LogP) is 4.27. The van der Waals surface area contributed by atoms with Crippen LogP contribution in [0.4, 0.5) is 0 Å². The Morgan fingerprint density at radius 2 is 2.18 bits per heavy atom. The van der Waals surface area contributed by atoms with Gasteiger partial charge in [0.05, 0.1) is 12.2 Å². The normalized spacial score (nSPS) is 13.8. The fraction of sp³-hybridized carbons (Fsp3) is 0.364. The first-order valence-electron chi connectivity index (χ1n) is 9.56. The Balaban J connectivity index is 1.69. The molecule has 1 amide bonds. The van der Waals surface area contributed by atoms with Crippen LogP contribution in [0, 0.1) is 12.8 Å². The summed E-state index contributed by atoms with van der Waals surface area (Å²) in [7, 11) is 1.97. The van der Waals surface area contributed by atoms with E-state index in [0.29, 0.717) is 24.5 Å². The Kier molecular flexibility index (Phi) is 5.42. The number of hydrogen-bond acceptors (Lipinski definition) is 4. The molecule has 1 aliphatic carbocycles. The number of amides is 1. The molecule has 1 saturated carbocycles. The van der Waals surface area contributed by atoms with Crippen LogP contribution < -0.4 is 5.48 Å². The maximum atomic E-state index is 13.0. The molecule has 1 aliphatic rings. The van der Waals surface area contributed by atoms with E-state index in [2.05, 4.69) is 41.8 Å². The average Bonchev–Trinajstić information content (AvgIpc) is 3.48. The van der Waals surface area contributed by atoms with Gasteiger partial charge in [0.1, 0.15) is 5.65 Å². The zero-order chi connectivity index (χ0) is 19.7. The van der Waals surface area contributed by atoms with Crippen molar-refractivity contribution in [3.8, 4) is 0 Å². The highest BCUT2D eigenvalue weighted by Gasteiger charge is 2.25. The first-order valence-corrected chi connectivity index (χ1v) is 10.8. The highest BCUT2D eigenvalue weighted by atomic mass is 32.2. The van der Waals surface area contributed by atoms with Gasteiger partial charge in [0.25, 0.3) is 5.91 Å². The van der Waals surface area contributed by atoms with Gasteiger partial charge in [-0.3, -0.25) is 9.63 Å². The van der Waals surface area contributed by atoms with E-state index >= 15 is 0 Å². The number of benzene rings is 1. The van der Waals surface area contributed by atoms with Crippen LogP contribution in [0.5, 0.6) is 0 Å². The lowest BCUT2D eigenvalue weighted by molar-refractivity contribution is 0.0271. The monoisotopic (exact) mass is 395 g/mol. The molecular formula is C22H25N3O2S. The highest BCUT2D eigenvalue weighted by molar-refractivity contribution is 7.98. The summed E-state index contributed by atoms with van der Waals surface area (Å²) in [4.78, 5) is 24.2. The van der Waals surface area contributed by atoms with Crippen LogP contribution in [0.25, 0.3) is 11.0 Å². The van der Waals surface area contributed by atoms with Crippen molar-refractivity contribution in [1.29, 1.82) is 0 Å². The van der Waals surface area contributed by atoms with Crippen LogP contribution in [-0.2, 0) is 18.3 Å². The maximum absolute atomic E-state index is 13.0. The van der Waals surface area contributed by atoms with Crippen molar-refractivity contribution < 1.29 is 9.63 Å². The second-order valence-corrected chi connectivity index (χ2v) is 8.29. The fourth-order valence-electron chi connectivity index (χ4n) is 3.51. The van der Waals surface area contributed by atoms with Crippen molar-refractivity contribution >= 4 is 28.7 Å². The molecule has 146 valence electrons. The van der Waals surface area contributed by atoms with Crippen molar-refractivity contribution in [2.75, 3.05) is 12.9 Å². The number of aryl methyl sites for hydroxylation is 2. The first kappa shape index (κ1) is 19.0. The van der Waals surface area contributed by atoms with Gasteiger partial charge in [-0.05, 0) is 67.3 Å². The van der Waals surface area contributed by atoms with Crippen LogP contribution in [-0.4, -0.2) is 28.3 Å². The molecule has 0 atom stereocenters. The van der Waals surface area contributed by atoms with Crippen LogP contribution in [0.15, 0.2) is 41.4 Å². The minimum Gasteiger partial charge on any atom is -0.332 e. The summed E-state index contributed by atoms with van der Waals surface area (Å²) in [6.07, 6.45) is 6.87. The Morgan fingerprint density at radius 3 is 2.89 bits per heavy atom. The lowest BCUT2D eigenvalue weighted by Gasteiger charge is -2.12. The molecule has 0 unspecified atom stereocenters. The number of hydrogen-bond donors (Lipinski definition) is 1. The van der Waals surface area contributed by atoms with Gasteiger partial charge in [0.2, 0.25) is 0 Å². The standard InChI is InChI=1S/C22H25N3O2S/c1-14-11-17(28-3)9-8-16(14)12-19-20(22(26)24-27-13-15-6-7-15)18-5-4-10-23-21(18)25(19)2/h4-5,8-11,15H,6-7,12-13H2,1-3H3,(H,24,26). The Morgan fingerprint density at radius 1 is 1.36 bits per heavy atom. The molecule has 1 aromatic carbocycles. The zero-order valence-corrected chi connectivity index (χ0v) is 17.3. The lowest BCUT2D eigenvalue weighted by atomic mass is 10.0. The Hall–Kier alpha value is -2.31. The summed E-state index contributed by atoms with van der Waals surface area (Å²) in [5.74, 6) is 0.388. The Bertz CT molecular complexity index is 1020. The fourth-order valence-corrected chi connectivity index (χ4v) is 4.00. The lowest BCUT2D eigenvalue weighted by Crippen LogP contribution is -2.26. The number of nitrogens with zero attached hydrogens (tertiary/aromatic N) is 2. The number of pyridine rings is 1. The maximum Gasteiger partial charge on any atom is 0.277 e. The van der Waals surface area contributed by atoms with E-state index in [0.717, 1.165) is 16.7 Å². The van der Waals surface area contributed by atoms with Crippen molar-refractivity contribution in [3.05, 3.63) is 58.9 Å². The van der Waals surface area contributed by atoms with E-state index in [1.807, 2.05) is 23.7 Å². The van der Waals surface area contributed by atoms with Crippen molar-refractivity contribution in [3.63, 3.8) is 0 Å². The van der Waals surface area contributed by atoms with Gasteiger partial charge in [-0.2, -0.15) is 0 Å². The number of rotatable bonds is 7. The molecule has 6 heteroatoms. The van der Waals surface area contributed by atoms with Gasteiger partial charge < -0.3 is 4.57 Å². The first-order chi connectivity index (χ1) is 13.6. The van der Waals surface area contributed by atoms with Gasteiger partial charge in [-0.1, -0.05) is 6.07 Å². The minimum atomic E-state index is -0.201. The molecule has 0 saturated heterocycles. The second kappa shape index (κ2) is 7.97. The zero-order valence-electron chi connectivity index (χ0n) is 16.5. The molecule has 4 rings (SSSR count). The van der Waals surface area contributed by atoms with Gasteiger partial charge in [-0.15, -0.1) is 11.8 Å². The molecule has 0 bridgehead atoms. The number of nitrogens with one attached hydrogen (secondary N) is 1. The highest BCUT2D eigenvalue weighted by Crippen LogP contribution is 2.30. The summed E-state index contributed by atoms with van der Waals surface area (Å²) in [5, 5.41) is 0.853. The Labute approximate surface area is 169 Å². The molecular weight excluding hydrogens is 370 g/mol. The molecule has 1 fully saturated rings. The van der Waals surface area contributed by atoms with E-state index in [9.17, 15) is 4.79 Å². The van der Waals surface area contributed by atoms with Crippen LogP contribution in [0.1, 0.15) is 40.0 Å². The molecule has 3 aromatic rings. The third-order valence-electron chi connectivity index (χ3n) is 5.38.